The lowest BCUT2D eigenvalue weighted by Gasteiger charge is -2.11. The molecular formula is C15H25NS. The summed E-state index contributed by atoms with van der Waals surface area (Å²) in [7, 11) is 0. The van der Waals surface area contributed by atoms with E-state index in [1.165, 1.54) is 16.9 Å². The second-order valence-corrected chi connectivity index (χ2v) is 6.00. The van der Waals surface area contributed by atoms with Crippen LogP contribution in [0.4, 0.5) is 0 Å². The van der Waals surface area contributed by atoms with Crippen molar-refractivity contribution in [3.63, 3.8) is 0 Å². The minimum Gasteiger partial charge on any atom is -0.313 e. The molecule has 0 amide bonds. The van der Waals surface area contributed by atoms with Crippen LogP contribution in [0.3, 0.4) is 0 Å². The predicted octanol–water partition coefficient (Wildman–Crippen LogP) is 4.29. The van der Waals surface area contributed by atoms with Gasteiger partial charge in [-0.25, -0.2) is 0 Å². The van der Waals surface area contributed by atoms with Gasteiger partial charge in [0.15, 0.2) is 0 Å². The summed E-state index contributed by atoms with van der Waals surface area (Å²) in [6.07, 6.45) is 1.20. The zero-order chi connectivity index (χ0) is 12.7. The van der Waals surface area contributed by atoms with Crippen LogP contribution in [0.15, 0.2) is 29.2 Å². The summed E-state index contributed by atoms with van der Waals surface area (Å²) in [5.74, 6) is 1.77. The maximum absolute atomic E-state index is 3.51. The average molecular weight is 251 g/mol. The van der Waals surface area contributed by atoms with Crippen LogP contribution in [0.25, 0.3) is 0 Å². The van der Waals surface area contributed by atoms with Crippen LogP contribution in [0, 0.1) is 0 Å². The van der Waals surface area contributed by atoms with E-state index >= 15 is 0 Å². The van der Waals surface area contributed by atoms with Crippen molar-refractivity contribution in [3.05, 3.63) is 29.8 Å². The molecule has 1 aromatic carbocycles. The van der Waals surface area contributed by atoms with Crippen molar-refractivity contribution in [1.29, 1.82) is 0 Å². The molecule has 1 atom stereocenters. The van der Waals surface area contributed by atoms with E-state index in [-0.39, 0.29) is 0 Å². The van der Waals surface area contributed by atoms with Crippen molar-refractivity contribution in [2.75, 3.05) is 12.3 Å². The summed E-state index contributed by atoms with van der Waals surface area (Å²) in [4.78, 5) is 1.38. The Bertz CT molecular complexity index is 305. The smallest absolute Gasteiger partial charge is 0.0106 e. The molecule has 0 saturated heterocycles. The maximum atomic E-state index is 3.51. The first kappa shape index (κ1) is 14.6. The van der Waals surface area contributed by atoms with Gasteiger partial charge in [-0.05, 0) is 37.0 Å². The summed E-state index contributed by atoms with van der Waals surface area (Å²) in [5.41, 5.74) is 1.42. The van der Waals surface area contributed by atoms with Crippen LogP contribution in [-0.2, 0) is 0 Å². The second-order valence-electron chi connectivity index (χ2n) is 4.84. The van der Waals surface area contributed by atoms with Crippen molar-refractivity contribution in [2.24, 2.45) is 0 Å². The first-order valence-corrected chi connectivity index (χ1v) is 7.58. The van der Waals surface area contributed by atoms with Crippen molar-refractivity contribution in [1.82, 2.24) is 5.32 Å². The highest BCUT2D eigenvalue weighted by Crippen LogP contribution is 2.21. The third kappa shape index (κ3) is 5.60. The molecule has 0 aliphatic heterocycles. The van der Waals surface area contributed by atoms with E-state index in [9.17, 15) is 0 Å². The molecule has 0 aliphatic carbocycles. The Morgan fingerprint density at radius 2 is 1.76 bits per heavy atom. The fourth-order valence-electron chi connectivity index (χ4n) is 1.57. The van der Waals surface area contributed by atoms with E-state index in [1.807, 2.05) is 11.8 Å². The van der Waals surface area contributed by atoms with E-state index < -0.39 is 0 Å². The number of benzene rings is 1. The van der Waals surface area contributed by atoms with Gasteiger partial charge < -0.3 is 5.32 Å². The maximum Gasteiger partial charge on any atom is 0.0106 e. The third-order valence-corrected chi connectivity index (χ3v) is 4.04. The zero-order valence-corrected chi connectivity index (χ0v) is 12.3. The highest BCUT2D eigenvalue weighted by molar-refractivity contribution is 7.99. The van der Waals surface area contributed by atoms with E-state index in [0.717, 1.165) is 12.3 Å². The summed E-state index contributed by atoms with van der Waals surface area (Å²) in [6.45, 7) is 10.0. The van der Waals surface area contributed by atoms with Gasteiger partial charge >= 0.3 is 0 Å². The first-order chi connectivity index (χ1) is 8.13. The van der Waals surface area contributed by atoms with Crippen molar-refractivity contribution < 1.29 is 0 Å². The Hall–Kier alpha value is -0.470. The summed E-state index contributed by atoms with van der Waals surface area (Å²) >= 11 is 1.93. The van der Waals surface area contributed by atoms with Crippen LogP contribution in [0.1, 0.15) is 45.6 Å². The van der Waals surface area contributed by atoms with Gasteiger partial charge in [-0.15, -0.1) is 11.8 Å². The average Bonchev–Trinajstić information content (AvgIpc) is 2.34. The molecule has 1 rings (SSSR count). The van der Waals surface area contributed by atoms with Gasteiger partial charge in [-0.2, -0.15) is 0 Å². The Morgan fingerprint density at radius 3 is 2.29 bits per heavy atom. The molecular weight excluding hydrogens is 226 g/mol. The number of rotatable bonds is 7. The predicted molar refractivity (Wildman–Crippen MR) is 79.0 cm³/mol. The Balaban J connectivity index is 2.28. The number of hydrogen-bond acceptors (Lipinski definition) is 2. The SMILES string of the molecule is CCC(C)NCCSc1ccc(C(C)C)cc1. The lowest BCUT2D eigenvalue weighted by atomic mass is 10.0. The van der Waals surface area contributed by atoms with Gasteiger partial charge in [0.1, 0.15) is 0 Å². The van der Waals surface area contributed by atoms with Crippen LogP contribution >= 0.6 is 11.8 Å². The summed E-state index contributed by atoms with van der Waals surface area (Å²) in [5, 5.41) is 3.51. The largest absolute Gasteiger partial charge is 0.313 e. The van der Waals surface area contributed by atoms with Gasteiger partial charge in [0.2, 0.25) is 0 Å². The number of nitrogens with one attached hydrogen (secondary N) is 1. The molecule has 1 aromatic rings. The monoisotopic (exact) mass is 251 g/mol. The van der Waals surface area contributed by atoms with Crippen molar-refractivity contribution in [2.45, 2.75) is 51.0 Å². The quantitative estimate of drug-likeness (QED) is 0.573. The molecule has 0 heterocycles. The fraction of sp³-hybridized carbons (Fsp3) is 0.600. The molecule has 17 heavy (non-hydrogen) atoms. The van der Waals surface area contributed by atoms with Gasteiger partial charge in [0.05, 0.1) is 0 Å². The molecule has 1 unspecified atom stereocenters. The molecule has 0 saturated carbocycles. The van der Waals surface area contributed by atoms with E-state index in [0.29, 0.717) is 12.0 Å². The lowest BCUT2D eigenvalue weighted by molar-refractivity contribution is 0.555. The topological polar surface area (TPSA) is 12.0 Å². The summed E-state index contributed by atoms with van der Waals surface area (Å²) < 4.78 is 0. The third-order valence-electron chi connectivity index (χ3n) is 3.02. The fourth-order valence-corrected chi connectivity index (χ4v) is 2.35. The highest BCUT2D eigenvalue weighted by Gasteiger charge is 2.00. The normalized spacial score (nSPS) is 13.0. The molecule has 1 N–H and O–H groups in total. The molecule has 0 spiro atoms. The molecule has 0 radical (unpaired) electrons. The second kappa shape index (κ2) is 7.78. The Labute approximate surface area is 110 Å². The zero-order valence-electron chi connectivity index (χ0n) is 11.5. The molecule has 0 aliphatic rings. The van der Waals surface area contributed by atoms with Crippen molar-refractivity contribution in [3.8, 4) is 0 Å². The van der Waals surface area contributed by atoms with Gasteiger partial charge in [0.25, 0.3) is 0 Å². The van der Waals surface area contributed by atoms with Gasteiger partial charge in [-0.3, -0.25) is 0 Å². The van der Waals surface area contributed by atoms with Crippen LogP contribution in [0.2, 0.25) is 0 Å². The number of thioether (sulfide) groups is 1. The molecule has 96 valence electrons. The van der Waals surface area contributed by atoms with Crippen molar-refractivity contribution >= 4 is 11.8 Å². The standard InChI is InChI=1S/C15H25NS/c1-5-13(4)16-10-11-17-15-8-6-14(7-9-15)12(2)3/h6-9,12-13,16H,5,10-11H2,1-4H3. The minimum atomic E-state index is 0.626. The van der Waals surface area contributed by atoms with Gasteiger partial charge in [-0.1, -0.05) is 32.9 Å². The number of hydrogen-bond donors (Lipinski definition) is 1. The highest BCUT2D eigenvalue weighted by atomic mass is 32.2. The first-order valence-electron chi connectivity index (χ1n) is 6.59. The Kier molecular flexibility index (Phi) is 6.68. The van der Waals surface area contributed by atoms with Crippen LogP contribution in [-0.4, -0.2) is 18.3 Å². The van der Waals surface area contributed by atoms with E-state index in [1.54, 1.807) is 0 Å². The van der Waals surface area contributed by atoms with E-state index in [4.69, 9.17) is 0 Å². The minimum absolute atomic E-state index is 0.626. The molecule has 0 bridgehead atoms. The molecule has 1 nitrogen and oxygen atoms in total. The van der Waals surface area contributed by atoms with Crippen LogP contribution in [0.5, 0.6) is 0 Å². The summed E-state index contributed by atoms with van der Waals surface area (Å²) in [6, 6.07) is 9.61. The Morgan fingerprint density at radius 1 is 1.12 bits per heavy atom. The van der Waals surface area contributed by atoms with E-state index in [2.05, 4.69) is 57.3 Å². The molecule has 2 heteroatoms. The van der Waals surface area contributed by atoms with Gasteiger partial charge in [0, 0.05) is 23.2 Å². The molecule has 0 aromatic heterocycles. The lowest BCUT2D eigenvalue weighted by Crippen LogP contribution is -2.27. The van der Waals surface area contributed by atoms with Crippen LogP contribution < -0.4 is 5.32 Å². The molecule has 0 fully saturated rings.